The number of carbonyl (C=O) groups is 1. The minimum absolute atomic E-state index is 0.0288. The summed E-state index contributed by atoms with van der Waals surface area (Å²) in [4.78, 5) is 17.4. The van der Waals surface area contributed by atoms with E-state index in [-0.39, 0.29) is 12.5 Å². The Hall–Kier alpha value is -1.47. The lowest BCUT2D eigenvalue weighted by Crippen LogP contribution is -2.34. The maximum Gasteiger partial charge on any atom is 0.240 e. The van der Waals surface area contributed by atoms with Crippen LogP contribution < -0.4 is 11.1 Å². The van der Waals surface area contributed by atoms with Gasteiger partial charge in [-0.2, -0.15) is 4.98 Å². The molecule has 18 heavy (non-hydrogen) atoms. The van der Waals surface area contributed by atoms with Crippen LogP contribution in [0.4, 0.5) is 0 Å². The summed E-state index contributed by atoms with van der Waals surface area (Å²) in [5.74, 6) is 0.887. The second-order valence-electron chi connectivity index (χ2n) is 4.86. The highest BCUT2D eigenvalue weighted by Crippen LogP contribution is 2.13. The molecule has 1 aromatic heterocycles. The SMILES string of the molecule is CCNC(=O)CN(C)Cc1nc(C(C)(C)N)no1. The van der Waals surface area contributed by atoms with Crippen molar-refractivity contribution in [2.45, 2.75) is 32.9 Å². The summed E-state index contributed by atoms with van der Waals surface area (Å²) in [6.07, 6.45) is 0. The summed E-state index contributed by atoms with van der Waals surface area (Å²) in [6.45, 7) is 6.82. The van der Waals surface area contributed by atoms with Gasteiger partial charge in [-0.05, 0) is 27.8 Å². The highest BCUT2D eigenvalue weighted by molar-refractivity contribution is 5.77. The molecule has 7 heteroatoms. The van der Waals surface area contributed by atoms with Gasteiger partial charge in [0, 0.05) is 6.54 Å². The molecular weight excluding hydrogens is 234 g/mol. The molecule has 0 aliphatic heterocycles. The Morgan fingerprint density at radius 2 is 2.22 bits per heavy atom. The topological polar surface area (TPSA) is 97.3 Å². The number of aromatic nitrogens is 2. The van der Waals surface area contributed by atoms with Crippen molar-refractivity contribution in [3.8, 4) is 0 Å². The summed E-state index contributed by atoms with van der Waals surface area (Å²) >= 11 is 0. The molecule has 0 aromatic carbocycles. The van der Waals surface area contributed by atoms with E-state index >= 15 is 0 Å². The molecule has 0 unspecified atom stereocenters. The van der Waals surface area contributed by atoms with Crippen LogP contribution >= 0.6 is 0 Å². The second kappa shape index (κ2) is 5.92. The van der Waals surface area contributed by atoms with Crippen LogP contribution in [0.3, 0.4) is 0 Å². The van der Waals surface area contributed by atoms with E-state index in [0.29, 0.717) is 24.8 Å². The van der Waals surface area contributed by atoms with Crippen LogP contribution in [0.1, 0.15) is 32.5 Å². The van der Waals surface area contributed by atoms with Gasteiger partial charge in [-0.15, -0.1) is 0 Å². The highest BCUT2D eigenvalue weighted by Gasteiger charge is 2.22. The Labute approximate surface area is 107 Å². The van der Waals surface area contributed by atoms with Gasteiger partial charge in [0.05, 0.1) is 18.6 Å². The third kappa shape index (κ3) is 4.42. The molecule has 0 atom stereocenters. The fourth-order valence-corrected chi connectivity index (χ4v) is 1.37. The van der Waals surface area contributed by atoms with E-state index in [1.54, 1.807) is 18.7 Å². The third-order valence-corrected chi connectivity index (χ3v) is 2.24. The van der Waals surface area contributed by atoms with E-state index in [9.17, 15) is 4.79 Å². The zero-order valence-corrected chi connectivity index (χ0v) is 11.4. The molecule has 0 aliphatic rings. The van der Waals surface area contributed by atoms with Crippen molar-refractivity contribution in [2.24, 2.45) is 5.73 Å². The number of amides is 1. The lowest BCUT2D eigenvalue weighted by Gasteiger charge is -2.13. The number of nitrogens with two attached hydrogens (primary N) is 1. The zero-order chi connectivity index (χ0) is 13.8. The molecule has 0 bridgehead atoms. The van der Waals surface area contributed by atoms with Crippen molar-refractivity contribution >= 4 is 5.91 Å². The first-order chi connectivity index (χ1) is 8.32. The van der Waals surface area contributed by atoms with E-state index in [1.807, 2.05) is 14.0 Å². The number of nitrogens with zero attached hydrogens (tertiary/aromatic N) is 3. The van der Waals surface area contributed by atoms with E-state index < -0.39 is 5.54 Å². The van der Waals surface area contributed by atoms with Crippen LogP contribution in [0, 0.1) is 0 Å². The Morgan fingerprint density at radius 1 is 1.56 bits per heavy atom. The molecule has 7 nitrogen and oxygen atoms in total. The van der Waals surface area contributed by atoms with Crippen LogP contribution in [0.5, 0.6) is 0 Å². The summed E-state index contributed by atoms with van der Waals surface area (Å²) in [5.41, 5.74) is 5.23. The third-order valence-electron chi connectivity index (χ3n) is 2.24. The largest absolute Gasteiger partial charge is 0.355 e. The van der Waals surface area contributed by atoms with E-state index in [4.69, 9.17) is 10.3 Å². The van der Waals surface area contributed by atoms with Crippen LogP contribution in [-0.4, -0.2) is 41.1 Å². The van der Waals surface area contributed by atoms with Crippen molar-refractivity contribution in [2.75, 3.05) is 20.1 Å². The molecular formula is C11H21N5O2. The van der Waals surface area contributed by atoms with Gasteiger partial charge in [0.15, 0.2) is 5.82 Å². The predicted molar refractivity (Wildman–Crippen MR) is 66.5 cm³/mol. The number of nitrogens with one attached hydrogen (secondary N) is 1. The first kappa shape index (κ1) is 14.6. The average Bonchev–Trinajstić information content (AvgIpc) is 2.65. The number of rotatable bonds is 6. The van der Waals surface area contributed by atoms with Crippen LogP contribution in [0.15, 0.2) is 4.52 Å². The summed E-state index contributed by atoms with van der Waals surface area (Å²) in [7, 11) is 1.81. The number of carbonyl (C=O) groups excluding carboxylic acids is 1. The summed E-state index contributed by atoms with van der Waals surface area (Å²) < 4.78 is 5.09. The van der Waals surface area contributed by atoms with Crippen LogP contribution in [0.25, 0.3) is 0 Å². The number of hydrogen-bond acceptors (Lipinski definition) is 6. The van der Waals surface area contributed by atoms with Crippen LogP contribution in [-0.2, 0) is 16.9 Å². The van der Waals surface area contributed by atoms with Crippen molar-refractivity contribution in [3.05, 3.63) is 11.7 Å². The monoisotopic (exact) mass is 255 g/mol. The maximum absolute atomic E-state index is 11.4. The van der Waals surface area contributed by atoms with Crippen molar-refractivity contribution in [1.82, 2.24) is 20.4 Å². The normalized spacial score (nSPS) is 11.9. The Kier molecular flexibility index (Phi) is 4.80. The molecule has 0 saturated carbocycles. The van der Waals surface area contributed by atoms with Crippen LogP contribution in [0.2, 0.25) is 0 Å². The molecule has 3 N–H and O–H groups in total. The average molecular weight is 255 g/mol. The minimum atomic E-state index is -0.625. The summed E-state index contributed by atoms with van der Waals surface area (Å²) in [6, 6.07) is 0. The number of likely N-dealkylation sites (N-methyl/N-ethyl adjacent to an activating group) is 2. The molecule has 0 aliphatic carbocycles. The van der Waals surface area contributed by atoms with Crippen molar-refractivity contribution < 1.29 is 9.32 Å². The predicted octanol–water partition coefficient (Wildman–Crippen LogP) is -0.169. The smallest absolute Gasteiger partial charge is 0.240 e. The van der Waals surface area contributed by atoms with Gasteiger partial charge in [-0.1, -0.05) is 5.16 Å². The van der Waals surface area contributed by atoms with Crippen molar-refractivity contribution in [3.63, 3.8) is 0 Å². The van der Waals surface area contributed by atoms with Crippen molar-refractivity contribution in [1.29, 1.82) is 0 Å². The fraction of sp³-hybridized carbons (Fsp3) is 0.727. The highest BCUT2D eigenvalue weighted by atomic mass is 16.5. The second-order valence-corrected chi connectivity index (χ2v) is 4.86. The molecule has 0 saturated heterocycles. The molecule has 1 aromatic rings. The molecule has 1 amide bonds. The quantitative estimate of drug-likeness (QED) is 0.732. The molecule has 0 radical (unpaired) electrons. The summed E-state index contributed by atoms with van der Waals surface area (Å²) in [5, 5.41) is 6.54. The molecule has 0 spiro atoms. The molecule has 1 heterocycles. The molecule has 1 rings (SSSR count). The van der Waals surface area contributed by atoms with Gasteiger partial charge >= 0.3 is 0 Å². The first-order valence-corrected chi connectivity index (χ1v) is 5.90. The molecule has 102 valence electrons. The van der Waals surface area contributed by atoms with E-state index in [1.165, 1.54) is 0 Å². The minimum Gasteiger partial charge on any atom is -0.355 e. The van der Waals surface area contributed by atoms with Gasteiger partial charge in [-0.25, -0.2) is 0 Å². The standard InChI is InChI=1S/C11H21N5O2/c1-5-13-8(17)6-16(4)7-9-14-10(15-18-9)11(2,3)12/h5-7,12H2,1-4H3,(H,13,17). The maximum atomic E-state index is 11.4. The lowest BCUT2D eigenvalue weighted by molar-refractivity contribution is -0.122. The van der Waals surface area contributed by atoms with Gasteiger partial charge in [0.1, 0.15) is 0 Å². The molecule has 0 fully saturated rings. The Balaban J connectivity index is 2.52. The van der Waals surface area contributed by atoms with Gasteiger partial charge in [0.25, 0.3) is 0 Å². The van der Waals surface area contributed by atoms with Gasteiger partial charge in [0.2, 0.25) is 11.8 Å². The fourth-order valence-electron chi connectivity index (χ4n) is 1.37. The number of hydrogen-bond donors (Lipinski definition) is 2. The zero-order valence-electron chi connectivity index (χ0n) is 11.4. The Bertz CT molecular complexity index is 396. The van der Waals surface area contributed by atoms with Gasteiger partial charge in [-0.3, -0.25) is 9.69 Å². The lowest BCUT2D eigenvalue weighted by atomic mass is 10.1. The first-order valence-electron chi connectivity index (χ1n) is 5.90. The van der Waals surface area contributed by atoms with E-state index in [0.717, 1.165) is 0 Å². The van der Waals surface area contributed by atoms with E-state index in [2.05, 4.69) is 15.5 Å². The Morgan fingerprint density at radius 3 is 2.72 bits per heavy atom. The van der Waals surface area contributed by atoms with Gasteiger partial charge < -0.3 is 15.6 Å².